The van der Waals surface area contributed by atoms with Gasteiger partial charge in [0.2, 0.25) is 5.91 Å². The third-order valence-corrected chi connectivity index (χ3v) is 6.46. The molecule has 1 aliphatic rings. The lowest BCUT2D eigenvalue weighted by Gasteiger charge is -2.37. The van der Waals surface area contributed by atoms with E-state index >= 15 is 0 Å². The Balaban J connectivity index is 1.93. The minimum absolute atomic E-state index is 0.0232. The number of benzene rings is 1. The molecule has 2 heterocycles. The summed E-state index contributed by atoms with van der Waals surface area (Å²) in [5.41, 5.74) is 3.17. The van der Waals surface area contributed by atoms with E-state index in [1.165, 1.54) is 18.4 Å². The van der Waals surface area contributed by atoms with Gasteiger partial charge in [-0.3, -0.25) is 9.78 Å². The molecule has 5 heteroatoms. The van der Waals surface area contributed by atoms with Crippen molar-refractivity contribution in [3.63, 3.8) is 0 Å². The summed E-state index contributed by atoms with van der Waals surface area (Å²) >= 11 is 0. The zero-order valence-electron chi connectivity index (χ0n) is 19.5. The minimum atomic E-state index is -0.502. The first-order valence-electron chi connectivity index (χ1n) is 11.5. The molecule has 31 heavy (non-hydrogen) atoms. The van der Waals surface area contributed by atoms with Crippen LogP contribution < -0.4 is 16.0 Å². The number of hydrogen-bond donors (Lipinski definition) is 3. The van der Waals surface area contributed by atoms with Gasteiger partial charge in [-0.15, -0.1) is 0 Å². The number of piperidine rings is 1. The lowest BCUT2D eigenvalue weighted by atomic mass is 9.80. The number of hydrogen-bond acceptors (Lipinski definition) is 4. The second-order valence-corrected chi connectivity index (χ2v) is 9.79. The van der Waals surface area contributed by atoms with E-state index in [1.54, 1.807) is 6.92 Å². The van der Waals surface area contributed by atoms with Crippen LogP contribution in [0.15, 0.2) is 48.8 Å². The predicted octanol–water partition coefficient (Wildman–Crippen LogP) is 3.74. The highest BCUT2D eigenvalue weighted by molar-refractivity contribution is 5.73. The maximum atomic E-state index is 11.9. The van der Waals surface area contributed by atoms with Crippen molar-refractivity contribution in [1.29, 1.82) is 0 Å². The third kappa shape index (κ3) is 6.14. The highest BCUT2D eigenvalue weighted by Gasteiger charge is 2.34. The molecular weight excluding hydrogens is 384 g/mol. The number of aromatic nitrogens is 1. The number of rotatable bonds is 8. The second-order valence-electron chi connectivity index (χ2n) is 9.79. The van der Waals surface area contributed by atoms with Gasteiger partial charge in [-0.05, 0) is 79.1 Å². The predicted molar refractivity (Wildman–Crippen MR) is 127 cm³/mol. The van der Waals surface area contributed by atoms with Gasteiger partial charge in [-0.2, -0.15) is 0 Å². The molecule has 1 aromatic heterocycles. The lowest BCUT2D eigenvalue weighted by molar-refractivity contribution is -0.119. The Morgan fingerprint density at radius 2 is 1.58 bits per heavy atom. The monoisotopic (exact) mass is 422 g/mol. The highest BCUT2D eigenvalue weighted by atomic mass is 16.1. The summed E-state index contributed by atoms with van der Waals surface area (Å²) < 4.78 is 0. The van der Waals surface area contributed by atoms with Crippen molar-refractivity contribution in [3.05, 3.63) is 65.5 Å². The van der Waals surface area contributed by atoms with Gasteiger partial charge in [0.25, 0.3) is 0 Å². The number of amides is 1. The molecule has 0 spiro atoms. The normalized spacial score (nSPS) is 17.2. The lowest BCUT2D eigenvalue weighted by Crippen LogP contribution is -2.52. The molecule has 1 aromatic carbocycles. The molecule has 2 aromatic rings. The summed E-state index contributed by atoms with van der Waals surface area (Å²) in [6.07, 6.45) is 7.26. The molecule has 3 rings (SSSR count). The Bertz CT molecular complexity index is 823. The molecule has 1 aliphatic heterocycles. The van der Waals surface area contributed by atoms with Crippen molar-refractivity contribution in [2.45, 2.75) is 57.9 Å². The van der Waals surface area contributed by atoms with Gasteiger partial charge in [0.15, 0.2) is 0 Å². The maximum absolute atomic E-state index is 11.9. The number of nitrogens with one attached hydrogen (secondary N) is 3. The Kier molecular flexibility index (Phi) is 7.84. The SMILES string of the molecule is CC(=O)NCC(NCCC1CCNCC1)(c1ccncc1)c1ccc(C(C)(C)C)cc1. The van der Waals surface area contributed by atoms with Crippen LogP contribution >= 0.6 is 0 Å². The van der Waals surface area contributed by atoms with Crippen molar-refractivity contribution in [2.75, 3.05) is 26.2 Å². The van der Waals surface area contributed by atoms with Crippen LogP contribution in [-0.2, 0) is 15.7 Å². The fraction of sp³-hybridized carbons (Fsp3) is 0.538. The number of nitrogens with zero attached hydrogens (tertiary/aromatic N) is 1. The summed E-state index contributed by atoms with van der Waals surface area (Å²) in [5, 5.41) is 10.4. The summed E-state index contributed by atoms with van der Waals surface area (Å²) in [4.78, 5) is 16.1. The van der Waals surface area contributed by atoms with Crippen LogP contribution in [0.4, 0.5) is 0 Å². The van der Waals surface area contributed by atoms with Gasteiger partial charge in [-0.25, -0.2) is 0 Å². The average Bonchev–Trinajstić information content (AvgIpc) is 2.77. The molecular formula is C26H38N4O. The van der Waals surface area contributed by atoms with E-state index < -0.39 is 5.54 Å². The van der Waals surface area contributed by atoms with Crippen LogP contribution in [0.5, 0.6) is 0 Å². The molecule has 168 valence electrons. The van der Waals surface area contributed by atoms with Crippen molar-refractivity contribution < 1.29 is 4.79 Å². The molecule has 1 amide bonds. The highest BCUT2D eigenvalue weighted by Crippen LogP contribution is 2.32. The third-order valence-electron chi connectivity index (χ3n) is 6.46. The van der Waals surface area contributed by atoms with Crippen LogP contribution in [0.1, 0.15) is 63.6 Å². The Morgan fingerprint density at radius 1 is 1.00 bits per heavy atom. The van der Waals surface area contributed by atoms with Gasteiger partial charge in [-0.1, -0.05) is 45.0 Å². The summed E-state index contributed by atoms with van der Waals surface area (Å²) in [6, 6.07) is 13.0. The fourth-order valence-corrected chi connectivity index (χ4v) is 4.45. The molecule has 5 nitrogen and oxygen atoms in total. The largest absolute Gasteiger partial charge is 0.354 e. The van der Waals surface area contributed by atoms with Gasteiger partial charge in [0, 0.05) is 25.9 Å². The Labute approximate surface area is 187 Å². The van der Waals surface area contributed by atoms with Crippen LogP contribution in [0.2, 0.25) is 0 Å². The van der Waals surface area contributed by atoms with Crippen LogP contribution in [0.3, 0.4) is 0 Å². The second kappa shape index (κ2) is 10.4. The molecule has 0 saturated carbocycles. The molecule has 0 radical (unpaired) electrons. The van der Waals surface area contributed by atoms with Crippen molar-refractivity contribution >= 4 is 5.91 Å². The smallest absolute Gasteiger partial charge is 0.216 e. The summed E-state index contributed by atoms with van der Waals surface area (Å²) in [5.74, 6) is 0.720. The fourth-order valence-electron chi connectivity index (χ4n) is 4.45. The standard InChI is InChI=1S/C26H38N4O/c1-20(31)29-19-26(24-12-16-28-17-13-24,30-18-11-21-9-14-27-15-10-21)23-7-5-22(6-8-23)25(2,3)4/h5-8,12-13,16-17,21,27,30H,9-11,14-15,18-19H2,1-4H3,(H,29,31). The van der Waals surface area contributed by atoms with Gasteiger partial charge >= 0.3 is 0 Å². The van der Waals surface area contributed by atoms with Crippen LogP contribution in [-0.4, -0.2) is 37.1 Å². The van der Waals surface area contributed by atoms with Gasteiger partial charge < -0.3 is 16.0 Å². The van der Waals surface area contributed by atoms with E-state index in [9.17, 15) is 4.79 Å². The molecule has 1 atom stereocenters. The van der Waals surface area contributed by atoms with Crippen molar-refractivity contribution in [2.24, 2.45) is 5.92 Å². The maximum Gasteiger partial charge on any atom is 0.216 e. The van der Waals surface area contributed by atoms with E-state index in [-0.39, 0.29) is 11.3 Å². The first kappa shape index (κ1) is 23.4. The molecule has 1 unspecified atom stereocenters. The minimum Gasteiger partial charge on any atom is -0.354 e. The molecule has 3 N–H and O–H groups in total. The Hall–Kier alpha value is -2.24. The molecule has 0 aliphatic carbocycles. The summed E-state index contributed by atoms with van der Waals surface area (Å²) in [7, 11) is 0. The number of carbonyl (C=O) groups is 1. The number of carbonyl (C=O) groups excluding carboxylic acids is 1. The zero-order valence-corrected chi connectivity index (χ0v) is 19.5. The first-order chi connectivity index (χ1) is 14.8. The quantitative estimate of drug-likeness (QED) is 0.606. The topological polar surface area (TPSA) is 66.1 Å². The molecule has 1 fully saturated rings. The average molecular weight is 423 g/mol. The first-order valence-corrected chi connectivity index (χ1v) is 11.5. The van der Waals surface area contributed by atoms with E-state index in [1.807, 2.05) is 12.4 Å². The van der Waals surface area contributed by atoms with Gasteiger partial charge in [0.05, 0.1) is 5.54 Å². The van der Waals surface area contributed by atoms with E-state index in [4.69, 9.17) is 0 Å². The summed E-state index contributed by atoms with van der Waals surface area (Å²) in [6.45, 7) is 11.9. The van der Waals surface area contributed by atoms with E-state index in [0.717, 1.165) is 43.1 Å². The van der Waals surface area contributed by atoms with Crippen LogP contribution in [0.25, 0.3) is 0 Å². The zero-order chi connectivity index (χ0) is 22.3. The van der Waals surface area contributed by atoms with Crippen molar-refractivity contribution in [3.8, 4) is 0 Å². The van der Waals surface area contributed by atoms with E-state index in [0.29, 0.717) is 6.54 Å². The van der Waals surface area contributed by atoms with Crippen LogP contribution in [0, 0.1) is 5.92 Å². The van der Waals surface area contributed by atoms with Gasteiger partial charge in [0.1, 0.15) is 0 Å². The molecule has 0 bridgehead atoms. The molecule has 1 saturated heterocycles. The van der Waals surface area contributed by atoms with Crippen molar-refractivity contribution in [1.82, 2.24) is 20.9 Å². The Morgan fingerprint density at radius 3 is 2.16 bits per heavy atom. The number of pyridine rings is 1. The van der Waals surface area contributed by atoms with E-state index in [2.05, 4.69) is 78.1 Å².